The average molecular weight is 291 g/mol. The van der Waals surface area contributed by atoms with Crippen LogP contribution >= 0.6 is 0 Å². The van der Waals surface area contributed by atoms with E-state index in [4.69, 9.17) is 5.10 Å². The molecule has 1 aromatic heterocycles. The molecule has 4 heteroatoms. The van der Waals surface area contributed by atoms with Gasteiger partial charge in [0.05, 0.1) is 17.1 Å². The maximum absolute atomic E-state index is 12.8. The summed E-state index contributed by atoms with van der Waals surface area (Å²) in [7, 11) is 0. The summed E-state index contributed by atoms with van der Waals surface area (Å²) in [6.07, 6.45) is 0.944. The molecule has 0 amide bonds. The Labute approximate surface area is 128 Å². The van der Waals surface area contributed by atoms with Gasteiger partial charge in [0.25, 0.3) is 5.56 Å². The van der Waals surface area contributed by atoms with Crippen molar-refractivity contribution in [2.45, 2.75) is 12.5 Å². The predicted molar refractivity (Wildman–Crippen MR) is 88.0 cm³/mol. The van der Waals surface area contributed by atoms with Crippen LogP contribution in [-0.4, -0.2) is 22.9 Å². The van der Waals surface area contributed by atoms with Gasteiger partial charge in [0.15, 0.2) is 0 Å². The van der Waals surface area contributed by atoms with Crippen LogP contribution < -0.4 is 10.9 Å². The number of hydrogen-bond acceptors (Lipinski definition) is 3. The van der Waals surface area contributed by atoms with Gasteiger partial charge in [-0.15, -0.1) is 0 Å². The Kier molecular flexibility index (Phi) is 3.24. The van der Waals surface area contributed by atoms with E-state index in [0.717, 1.165) is 41.5 Å². The molecule has 0 radical (unpaired) electrons. The molecule has 1 fully saturated rings. The van der Waals surface area contributed by atoms with Crippen molar-refractivity contribution < 1.29 is 0 Å². The van der Waals surface area contributed by atoms with Gasteiger partial charge >= 0.3 is 0 Å². The molecular formula is C18H17N3O. The summed E-state index contributed by atoms with van der Waals surface area (Å²) in [6, 6.07) is 17.9. The molecule has 0 spiro atoms. The minimum atomic E-state index is 0.00369. The Hall–Kier alpha value is -2.46. The standard InChI is InChI=1S/C18H17N3O/c22-18-16-9-5-4-8-15(16)17(13-6-2-1-3-7-13)20-21(18)14-10-11-19-12-14/h1-9,14,19H,10-12H2. The van der Waals surface area contributed by atoms with Gasteiger partial charge in [-0.25, -0.2) is 4.68 Å². The first-order chi connectivity index (χ1) is 10.8. The molecule has 4 rings (SSSR count). The topological polar surface area (TPSA) is 46.9 Å². The molecule has 1 unspecified atom stereocenters. The van der Waals surface area contributed by atoms with Crippen LogP contribution in [0, 0.1) is 0 Å². The molecule has 0 aliphatic carbocycles. The van der Waals surface area contributed by atoms with E-state index in [1.165, 1.54) is 0 Å². The van der Waals surface area contributed by atoms with Gasteiger partial charge in [-0.3, -0.25) is 4.79 Å². The van der Waals surface area contributed by atoms with E-state index in [1.807, 2.05) is 54.6 Å². The quantitative estimate of drug-likeness (QED) is 0.789. The van der Waals surface area contributed by atoms with Crippen LogP contribution in [0.15, 0.2) is 59.4 Å². The molecule has 0 saturated carbocycles. The number of aromatic nitrogens is 2. The molecule has 1 aliphatic heterocycles. The fraction of sp³-hybridized carbons (Fsp3) is 0.222. The Morgan fingerprint density at radius 1 is 1.00 bits per heavy atom. The third-order valence-electron chi connectivity index (χ3n) is 4.26. The van der Waals surface area contributed by atoms with Crippen LogP contribution in [0.3, 0.4) is 0 Å². The number of nitrogens with zero attached hydrogens (tertiary/aromatic N) is 2. The second kappa shape index (κ2) is 5.39. The Morgan fingerprint density at radius 3 is 2.45 bits per heavy atom. The minimum Gasteiger partial charge on any atom is -0.315 e. The zero-order valence-corrected chi connectivity index (χ0v) is 12.2. The molecule has 110 valence electrons. The van der Waals surface area contributed by atoms with Gasteiger partial charge in [-0.1, -0.05) is 48.5 Å². The van der Waals surface area contributed by atoms with Crippen LogP contribution in [-0.2, 0) is 0 Å². The average Bonchev–Trinajstić information content (AvgIpc) is 3.11. The minimum absolute atomic E-state index is 0.00369. The van der Waals surface area contributed by atoms with Crippen LogP contribution in [0.5, 0.6) is 0 Å². The van der Waals surface area contributed by atoms with Crippen molar-refractivity contribution >= 4 is 10.8 Å². The fourth-order valence-electron chi connectivity index (χ4n) is 3.11. The number of benzene rings is 2. The molecule has 1 aliphatic rings. The third kappa shape index (κ3) is 2.12. The van der Waals surface area contributed by atoms with Gasteiger partial charge in [0.1, 0.15) is 0 Å². The van der Waals surface area contributed by atoms with Crippen LogP contribution in [0.2, 0.25) is 0 Å². The maximum atomic E-state index is 12.8. The number of nitrogens with one attached hydrogen (secondary N) is 1. The second-order valence-corrected chi connectivity index (χ2v) is 5.66. The first-order valence-electron chi connectivity index (χ1n) is 7.62. The van der Waals surface area contributed by atoms with E-state index >= 15 is 0 Å². The highest BCUT2D eigenvalue weighted by atomic mass is 16.1. The molecule has 0 bridgehead atoms. The van der Waals surface area contributed by atoms with E-state index in [2.05, 4.69) is 5.32 Å². The van der Waals surface area contributed by atoms with Gasteiger partial charge in [0.2, 0.25) is 0 Å². The second-order valence-electron chi connectivity index (χ2n) is 5.66. The van der Waals surface area contributed by atoms with Gasteiger partial charge in [-0.05, 0) is 19.0 Å². The number of rotatable bonds is 2. The van der Waals surface area contributed by atoms with Crippen molar-refractivity contribution in [3.8, 4) is 11.3 Å². The lowest BCUT2D eigenvalue weighted by Gasteiger charge is -2.15. The van der Waals surface area contributed by atoms with Crippen LogP contribution in [0.25, 0.3) is 22.0 Å². The van der Waals surface area contributed by atoms with E-state index in [-0.39, 0.29) is 11.6 Å². The summed E-state index contributed by atoms with van der Waals surface area (Å²) in [5.74, 6) is 0. The van der Waals surface area contributed by atoms with Crippen molar-refractivity contribution in [2.24, 2.45) is 0 Å². The highest BCUT2D eigenvalue weighted by Crippen LogP contribution is 2.25. The lowest BCUT2D eigenvalue weighted by Crippen LogP contribution is -2.29. The molecule has 2 heterocycles. The first kappa shape index (κ1) is 13.2. The molecule has 2 aromatic carbocycles. The lowest BCUT2D eigenvalue weighted by molar-refractivity contribution is 0.471. The fourth-order valence-corrected chi connectivity index (χ4v) is 3.11. The Morgan fingerprint density at radius 2 is 1.73 bits per heavy atom. The van der Waals surface area contributed by atoms with E-state index in [0.29, 0.717) is 0 Å². The van der Waals surface area contributed by atoms with Gasteiger partial charge in [0, 0.05) is 17.5 Å². The van der Waals surface area contributed by atoms with Crippen molar-refractivity contribution in [1.29, 1.82) is 0 Å². The normalized spacial score (nSPS) is 17.9. The SMILES string of the molecule is O=c1c2ccccc2c(-c2ccccc2)nn1C1CCNC1. The van der Waals surface area contributed by atoms with Crippen LogP contribution in [0.4, 0.5) is 0 Å². The Balaban J connectivity index is 2.02. The number of fused-ring (bicyclic) bond motifs is 1. The zero-order chi connectivity index (χ0) is 14.9. The van der Waals surface area contributed by atoms with E-state index < -0.39 is 0 Å². The molecule has 4 nitrogen and oxygen atoms in total. The lowest BCUT2D eigenvalue weighted by atomic mass is 10.0. The molecule has 1 atom stereocenters. The maximum Gasteiger partial charge on any atom is 0.274 e. The summed E-state index contributed by atoms with van der Waals surface area (Å²) in [5.41, 5.74) is 1.92. The molecule has 3 aromatic rings. The summed E-state index contributed by atoms with van der Waals surface area (Å²) in [5, 5.41) is 9.68. The summed E-state index contributed by atoms with van der Waals surface area (Å²) in [4.78, 5) is 12.8. The summed E-state index contributed by atoms with van der Waals surface area (Å²) in [6.45, 7) is 1.74. The van der Waals surface area contributed by atoms with E-state index in [9.17, 15) is 4.79 Å². The highest BCUT2D eigenvalue weighted by Gasteiger charge is 2.21. The van der Waals surface area contributed by atoms with Crippen molar-refractivity contribution in [3.05, 3.63) is 65.0 Å². The van der Waals surface area contributed by atoms with Gasteiger partial charge in [-0.2, -0.15) is 5.10 Å². The smallest absolute Gasteiger partial charge is 0.274 e. The molecule has 22 heavy (non-hydrogen) atoms. The largest absolute Gasteiger partial charge is 0.315 e. The van der Waals surface area contributed by atoms with E-state index in [1.54, 1.807) is 4.68 Å². The first-order valence-corrected chi connectivity index (χ1v) is 7.62. The Bertz CT molecular complexity index is 864. The summed E-state index contributed by atoms with van der Waals surface area (Å²) >= 11 is 0. The summed E-state index contributed by atoms with van der Waals surface area (Å²) < 4.78 is 1.67. The van der Waals surface area contributed by atoms with Crippen molar-refractivity contribution in [2.75, 3.05) is 13.1 Å². The molecule has 1 saturated heterocycles. The van der Waals surface area contributed by atoms with Gasteiger partial charge < -0.3 is 5.32 Å². The third-order valence-corrected chi connectivity index (χ3v) is 4.26. The number of hydrogen-bond donors (Lipinski definition) is 1. The predicted octanol–water partition coefficient (Wildman–Crippen LogP) is 2.60. The molecular weight excluding hydrogens is 274 g/mol. The monoisotopic (exact) mass is 291 g/mol. The van der Waals surface area contributed by atoms with Crippen molar-refractivity contribution in [1.82, 2.24) is 15.1 Å². The highest BCUT2D eigenvalue weighted by molar-refractivity contribution is 5.93. The van der Waals surface area contributed by atoms with Crippen molar-refractivity contribution in [3.63, 3.8) is 0 Å². The zero-order valence-electron chi connectivity index (χ0n) is 12.2. The van der Waals surface area contributed by atoms with Crippen LogP contribution in [0.1, 0.15) is 12.5 Å². The molecule has 1 N–H and O–H groups in total.